The van der Waals surface area contributed by atoms with E-state index in [1.165, 1.54) is 36.4 Å². The van der Waals surface area contributed by atoms with Crippen LogP contribution in [0.3, 0.4) is 0 Å². The molecule has 1 amide bonds. The van der Waals surface area contributed by atoms with Gasteiger partial charge in [-0.05, 0) is 93.2 Å². The van der Waals surface area contributed by atoms with E-state index in [0.717, 1.165) is 37.8 Å². The molecule has 0 spiro atoms. The molecule has 39 heavy (non-hydrogen) atoms. The maximum atomic E-state index is 13.3. The number of ether oxygens (including phenoxy) is 1. The molecule has 9 heteroatoms. The second-order valence-electron chi connectivity index (χ2n) is 10.6. The van der Waals surface area contributed by atoms with Crippen molar-refractivity contribution in [3.63, 3.8) is 0 Å². The first-order chi connectivity index (χ1) is 18.5. The van der Waals surface area contributed by atoms with Crippen LogP contribution in [0.5, 0.6) is 5.75 Å². The number of benzene rings is 2. The summed E-state index contributed by atoms with van der Waals surface area (Å²) in [5, 5.41) is 0. The summed E-state index contributed by atoms with van der Waals surface area (Å²) in [6, 6.07) is 11.5. The summed E-state index contributed by atoms with van der Waals surface area (Å²) >= 11 is 0. The third kappa shape index (κ3) is 7.52. The van der Waals surface area contributed by atoms with Crippen LogP contribution < -0.4 is 14.5 Å². The smallest absolute Gasteiger partial charge is 0.243 e. The lowest BCUT2D eigenvalue weighted by molar-refractivity contribution is -0.118. The third-order valence-corrected chi connectivity index (χ3v) is 10.1. The topological polar surface area (TPSA) is 73.4 Å². The lowest BCUT2D eigenvalue weighted by Gasteiger charge is -2.35. The molecule has 0 radical (unpaired) electrons. The number of rotatable bonds is 12. The van der Waals surface area contributed by atoms with Crippen molar-refractivity contribution in [1.82, 2.24) is 9.21 Å². The lowest BCUT2D eigenvalue weighted by atomic mass is 9.95. The Bertz CT molecular complexity index is 1180. The van der Waals surface area contributed by atoms with E-state index in [4.69, 9.17) is 4.74 Å². The van der Waals surface area contributed by atoms with Gasteiger partial charge in [0.05, 0.1) is 12.0 Å². The molecule has 1 aliphatic rings. The monoisotopic (exact) mass is 558 g/mol. The molecule has 1 aliphatic heterocycles. The van der Waals surface area contributed by atoms with Gasteiger partial charge in [0, 0.05) is 58.1 Å². The fourth-order valence-electron chi connectivity index (χ4n) is 5.38. The van der Waals surface area contributed by atoms with E-state index >= 15 is 0 Å². The first kappa shape index (κ1) is 30.9. The molecule has 0 N–H and O–H groups in total. The van der Waals surface area contributed by atoms with E-state index in [2.05, 4.69) is 35.8 Å². The number of piperidine rings is 1. The highest BCUT2D eigenvalue weighted by Crippen LogP contribution is 2.29. The summed E-state index contributed by atoms with van der Waals surface area (Å²) < 4.78 is 33.1. The molecule has 2 aromatic rings. The molecule has 3 rings (SSSR count). The molecule has 216 valence electrons. The SMILES string of the molecule is CCN(CC)CC1CCN(c2ccc(N(C)C(=O)CCN(C)S(=O)(=O)c3c(C)cc(OC)cc3C)cc2)CC1. The van der Waals surface area contributed by atoms with Crippen molar-refractivity contribution in [2.75, 3.05) is 70.3 Å². The summed E-state index contributed by atoms with van der Waals surface area (Å²) in [5.74, 6) is 1.24. The molecule has 0 bridgehead atoms. The summed E-state index contributed by atoms with van der Waals surface area (Å²) in [7, 11) is 1.07. The van der Waals surface area contributed by atoms with Crippen LogP contribution in [0.1, 0.15) is 44.2 Å². The molecule has 0 aromatic heterocycles. The fourth-order valence-corrected chi connectivity index (χ4v) is 6.96. The second kappa shape index (κ2) is 13.6. The molecule has 1 heterocycles. The van der Waals surface area contributed by atoms with Gasteiger partial charge in [-0.15, -0.1) is 0 Å². The Kier molecular flexibility index (Phi) is 10.8. The largest absolute Gasteiger partial charge is 0.497 e. The van der Waals surface area contributed by atoms with Crippen LogP contribution in [0, 0.1) is 19.8 Å². The van der Waals surface area contributed by atoms with Gasteiger partial charge in [-0.3, -0.25) is 4.79 Å². The highest BCUT2D eigenvalue weighted by Gasteiger charge is 2.26. The number of amides is 1. The van der Waals surface area contributed by atoms with E-state index in [0.29, 0.717) is 16.9 Å². The van der Waals surface area contributed by atoms with Crippen molar-refractivity contribution >= 4 is 27.3 Å². The van der Waals surface area contributed by atoms with Gasteiger partial charge >= 0.3 is 0 Å². The van der Waals surface area contributed by atoms with E-state index in [1.54, 1.807) is 45.0 Å². The van der Waals surface area contributed by atoms with E-state index in [-0.39, 0.29) is 23.8 Å². The standard InChI is InChI=1S/C30H46N4O4S/c1-8-33(9-2)22-25-14-18-34(19-15-25)27-12-10-26(11-13-27)32(6)29(35)16-17-31(5)39(36,37)30-23(3)20-28(38-7)21-24(30)4/h10-13,20-21,25H,8-9,14-19,22H2,1-7H3. The Hall–Kier alpha value is -2.62. The minimum atomic E-state index is -3.74. The van der Waals surface area contributed by atoms with Crippen molar-refractivity contribution in [2.24, 2.45) is 5.92 Å². The van der Waals surface area contributed by atoms with Crippen molar-refractivity contribution in [3.8, 4) is 5.75 Å². The number of anilines is 2. The van der Waals surface area contributed by atoms with Crippen molar-refractivity contribution in [3.05, 3.63) is 47.5 Å². The highest BCUT2D eigenvalue weighted by atomic mass is 32.2. The molecule has 0 unspecified atom stereocenters. The molecule has 0 aliphatic carbocycles. The Balaban J connectivity index is 1.55. The van der Waals surface area contributed by atoms with Crippen LogP contribution in [-0.4, -0.2) is 84.0 Å². The molecule has 1 fully saturated rings. The second-order valence-corrected chi connectivity index (χ2v) is 12.5. The summed E-state index contributed by atoms with van der Waals surface area (Å²) in [6.45, 7) is 13.6. The van der Waals surface area contributed by atoms with E-state index < -0.39 is 10.0 Å². The number of hydrogen-bond acceptors (Lipinski definition) is 6. The van der Waals surface area contributed by atoms with Crippen molar-refractivity contribution in [2.45, 2.75) is 51.9 Å². The highest BCUT2D eigenvalue weighted by molar-refractivity contribution is 7.89. The number of carbonyl (C=O) groups is 1. The van der Waals surface area contributed by atoms with Gasteiger partial charge < -0.3 is 19.4 Å². The molecule has 1 saturated heterocycles. The maximum Gasteiger partial charge on any atom is 0.243 e. The predicted molar refractivity (Wildman–Crippen MR) is 159 cm³/mol. The Morgan fingerprint density at radius 1 is 1.00 bits per heavy atom. The molecule has 8 nitrogen and oxygen atoms in total. The third-order valence-electron chi connectivity index (χ3n) is 7.98. The van der Waals surface area contributed by atoms with E-state index in [1.807, 2.05) is 12.1 Å². The maximum absolute atomic E-state index is 13.3. The first-order valence-electron chi connectivity index (χ1n) is 14.0. The van der Waals surface area contributed by atoms with Crippen LogP contribution in [0.2, 0.25) is 0 Å². The van der Waals surface area contributed by atoms with Crippen LogP contribution in [0.25, 0.3) is 0 Å². The Morgan fingerprint density at radius 3 is 2.08 bits per heavy atom. The molecular weight excluding hydrogens is 512 g/mol. The summed E-state index contributed by atoms with van der Waals surface area (Å²) in [5.41, 5.74) is 3.22. The van der Waals surface area contributed by atoms with Gasteiger partial charge in [0.15, 0.2) is 0 Å². The quantitative estimate of drug-likeness (QED) is 0.381. The minimum absolute atomic E-state index is 0.0856. The predicted octanol–water partition coefficient (Wildman–Crippen LogP) is 4.54. The van der Waals surface area contributed by atoms with Gasteiger partial charge in [0.2, 0.25) is 15.9 Å². The van der Waals surface area contributed by atoms with Crippen LogP contribution in [0.15, 0.2) is 41.3 Å². The van der Waals surface area contributed by atoms with Gasteiger partial charge in [-0.1, -0.05) is 13.8 Å². The van der Waals surface area contributed by atoms with E-state index in [9.17, 15) is 13.2 Å². The normalized spacial score (nSPS) is 14.7. The molecular formula is C30H46N4O4S. The number of sulfonamides is 1. The Labute approximate surface area is 235 Å². The average molecular weight is 559 g/mol. The molecule has 0 saturated carbocycles. The number of nitrogens with zero attached hydrogens (tertiary/aromatic N) is 4. The van der Waals surface area contributed by atoms with Crippen LogP contribution in [-0.2, 0) is 14.8 Å². The Morgan fingerprint density at radius 2 is 1.56 bits per heavy atom. The zero-order chi connectivity index (χ0) is 28.7. The first-order valence-corrected chi connectivity index (χ1v) is 15.4. The minimum Gasteiger partial charge on any atom is -0.497 e. The van der Waals surface area contributed by atoms with Crippen molar-refractivity contribution in [1.29, 1.82) is 0 Å². The van der Waals surface area contributed by atoms with Gasteiger partial charge in [0.25, 0.3) is 0 Å². The summed E-state index contributed by atoms with van der Waals surface area (Å²) in [4.78, 5) is 19.8. The molecule has 2 aromatic carbocycles. The number of hydrogen-bond donors (Lipinski definition) is 0. The number of methoxy groups -OCH3 is 1. The summed E-state index contributed by atoms with van der Waals surface area (Å²) in [6.07, 6.45) is 2.48. The molecule has 0 atom stereocenters. The van der Waals surface area contributed by atoms with Gasteiger partial charge in [-0.2, -0.15) is 0 Å². The lowest BCUT2D eigenvalue weighted by Crippen LogP contribution is -2.38. The van der Waals surface area contributed by atoms with Crippen LogP contribution >= 0.6 is 0 Å². The van der Waals surface area contributed by atoms with Gasteiger partial charge in [-0.25, -0.2) is 12.7 Å². The van der Waals surface area contributed by atoms with Crippen LogP contribution in [0.4, 0.5) is 11.4 Å². The zero-order valence-electron chi connectivity index (χ0n) is 24.7. The number of aryl methyl sites for hydroxylation is 2. The zero-order valence-corrected chi connectivity index (χ0v) is 25.6. The fraction of sp³-hybridized carbons (Fsp3) is 0.567. The van der Waals surface area contributed by atoms with Gasteiger partial charge in [0.1, 0.15) is 5.75 Å². The average Bonchev–Trinajstić information content (AvgIpc) is 2.93. The van der Waals surface area contributed by atoms with Crippen molar-refractivity contribution < 1.29 is 17.9 Å². The number of carbonyl (C=O) groups excluding carboxylic acids is 1.